The van der Waals surface area contributed by atoms with Crippen molar-refractivity contribution in [3.8, 4) is 0 Å². The molecule has 0 saturated heterocycles. The van der Waals surface area contributed by atoms with Gasteiger partial charge in [0.25, 0.3) is 0 Å². The highest BCUT2D eigenvalue weighted by Crippen LogP contribution is 2.45. The smallest absolute Gasteiger partial charge is 0.462 e. The van der Waals surface area contributed by atoms with E-state index in [1.165, 1.54) is 116 Å². The minimum atomic E-state index is -4.97. The van der Waals surface area contributed by atoms with Crippen molar-refractivity contribution < 1.29 is 80.2 Å². The van der Waals surface area contributed by atoms with Crippen LogP contribution in [0.2, 0.25) is 0 Å². The number of hydrogen-bond acceptors (Lipinski definition) is 15. The Bertz CT molecular complexity index is 2060. The van der Waals surface area contributed by atoms with Gasteiger partial charge in [-0.1, -0.05) is 294 Å². The highest BCUT2D eigenvalue weighted by atomic mass is 31.2. The Balaban J connectivity index is 5.29. The molecule has 0 aliphatic heterocycles. The maximum atomic E-state index is 13.1. The Hall–Kier alpha value is -3.24. The van der Waals surface area contributed by atoms with E-state index in [-0.39, 0.29) is 25.7 Å². The van der Waals surface area contributed by atoms with Crippen LogP contribution in [0.5, 0.6) is 0 Å². The Morgan fingerprint density at radius 2 is 0.531 bits per heavy atom. The molecule has 0 amide bonds. The summed E-state index contributed by atoms with van der Waals surface area (Å²) in [5, 5.41) is 10.6. The van der Waals surface area contributed by atoms with E-state index in [0.29, 0.717) is 25.7 Å². The second-order valence-electron chi connectivity index (χ2n) is 26.0. The first-order valence-electron chi connectivity index (χ1n) is 38.5. The van der Waals surface area contributed by atoms with Gasteiger partial charge in [-0.25, -0.2) is 9.13 Å². The molecule has 0 radical (unpaired) electrons. The molecule has 0 heterocycles. The maximum Gasteiger partial charge on any atom is 0.472 e. The molecule has 0 fully saturated rings. The van der Waals surface area contributed by atoms with Crippen LogP contribution < -0.4 is 0 Å². The first kappa shape index (κ1) is 92.8. The minimum absolute atomic E-state index is 0.0790. The van der Waals surface area contributed by atoms with E-state index in [1.54, 1.807) is 0 Å². The summed E-state index contributed by atoms with van der Waals surface area (Å²) < 4.78 is 68.4. The van der Waals surface area contributed by atoms with Crippen molar-refractivity contribution in [2.75, 3.05) is 39.6 Å². The van der Waals surface area contributed by atoms with Gasteiger partial charge in [-0.05, 0) is 89.9 Å². The Kier molecular flexibility index (Phi) is 67.8. The molecule has 0 aromatic carbocycles. The molecule has 96 heavy (non-hydrogen) atoms. The number of unbranched alkanes of at least 4 members (excludes halogenated alkanes) is 37. The molecular formula is C77H140O17P2. The van der Waals surface area contributed by atoms with E-state index in [9.17, 15) is 43.2 Å². The number of carbonyl (C=O) groups is 4. The monoisotopic (exact) mass is 1400 g/mol. The third kappa shape index (κ3) is 69.2. The van der Waals surface area contributed by atoms with Gasteiger partial charge in [-0.3, -0.25) is 37.3 Å². The molecular weight excluding hydrogens is 1260 g/mol. The molecule has 0 aromatic heterocycles. The van der Waals surface area contributed by atoms with Gasteiger partial charge in [0.15, 0.2) is 12.2 Å². The molecule has 0 aromatic rings. The lowest BCUT2D eigenvalue weighted by Crippen LogP contribution is -2.30. The quantitative estimate of drug-likeness (QED) is 0.0169. The lowest BCUT2D eigenvalue weighted by Gasteiger charge is -2.21. The summed E-state index contributed by atoms with van der Waals surface area (Å²) in [4.78, 5) is 72.8. The minimum Gasteiger partial charge on any atom is -0.462 e. The van der Waals surface area contributed by atoms with E-state index >= 15 is 0 Å². The third-order valence-corrected chi connectivity index (χ3v) is 18.4. The summed E-state index contributed by atoms with van der Waals surface area (Å²) in [5.41, 5.74) is 0. The Morgan fingerprint density at radius 1 is 0.292 bits per heavy atom. The van der Waals surface area contributed by atoms with Gasteiger partial charge in [0.05, 0.1) is 26.4 Å². The van der Waals surface area contributed by atoms with Crippen molar-refractivity contribution in [2.24, 2.45) is 0 Å². The van der Waals surface area contributed by atoms with E-state index in [1.807, 2.05) is 0 Å². The largest absolute Gasteiger partial charge is 0.472 e. The van der Waals surface area contributed by atoms with Crippen LogP contribution in [0, 0.1) is 0 Å². The fourth-order valence-electron chi connectivity index (χ4n) is 10.6. The molecule has 5 unspecified atom stereocenters. The normalized spacial score (nSPS) is 14.3. The number of rotatable bonds is 73. The highest BCUT2D eigenvalue weighted by molar-refractivity contribution is 7.47. The predicted octanol–water partition coefficient (Wildman–Crippen LogP) is 21.9. The number of phosphoric ester groups is 2. The van der Waals surface area contributed by atoms with E-state index < -0.39 is 97.5 Å². The number of aliphatic hydroxyl groups excluding tert-OH is 1. The molecule has 5 atom stereocenters. The van der Waals surface area contributed by atoms with Crippen molar-refractivity contribution in [2.45, 2.75) is 367 Å². The van der Waals surface area contributed by atoms with Gasteiger partial charge >= 0.3 is 39.5 Å². The molecule has 3 N–H and O–H groups in total. The maximum absolute atomic E-state index is 13.1. The van der Waals surface area contributed by atoms with Gasteiger partial charge in [0.2, 0.25) is 0 Å². The van der Waals surface area contributed by atoms with Crippen LogP contribution in [0.3, 0.4) is 0 Å². The van der Waals surface area contributed by atoms with Crippen LogP contribution in [0.1, 0.15) is 349 Å². The molecule has 19 heteroatoms. The predicted molar refractivity (Wildman–Crippen MR) is 390 cm³/mol. The van der Waals surface area contributed by atoms with E-state index in [4.69, 9.17) is 37.0 Å². The fraction of sp³-hybridized carbons (Fsp3) is 0.818. The average molecular weight is 1400 g/mol. The van der Waals surface area contributed by atoms with Gasteiger partial charge in [0, 0.05) is 25.7 Å². The van der Waals surface area contributed by atoms with E-state index in [0.717, 1.165) is 154 Å². The number of ether oxygens (including phenoxy) is 4. The van der Waals surface area contributed by atoms with Crippen LogP contribution in [0.4, 0.5) is 0 Å². The number of aliphatic hydroxyl groups is 1. The average Bonchev–Trinajstić information content (AvgIpc) is 3.21. The second kappa shape index (κ2) is 70.2. The summed E-state index contributed by atoms with van der Waals surface area (Å²) in [7, 11) is -9.93. The van der Waals surface area contributed by atoms with E-state index in [2.05, 4.69) is 88.5 Å². The number of hydrogen-bond donors (Lipinski definition) is 3. The van der Waals surface area contributed by atoms with Crippen molar-refractivity contribution in [3.63, 3.8) is 0 Å². The number of allylic oxidation sites excluding steroid dienone is 10. The molecule has 0 spiro atoms. The summed E-state index contributed by atoms with van der Waals surface area (Å²) >= 11 is 0. The van der Waals surface area contributed by atoms with Gasteiger partial charge in [0.1, 0.15) is 19.3 Å². The fourth-order valence-corrected chi connectivity index (χ4v) is 12.1. The Labute approximate surface area is 584 Å². The van der Waals surface area contributed by atoms with Crippen LogP contribution in [0.15, 0.2) is 60.8 Å². The third-order valence-electron chi connectivity index (χ3n) is 16.5. The summed E-state index contributed by atoms with van der Waals surface area (Å²) in [6, 6.07) is 0. The van der Waals surface area contributed by atoms with Crippen molar-refractivity contribution in [3.05, 3.63) is 60.8 Å². The van der Waals surface area contributed by atoms with Crippen LogP contribution >= 0.6 is 15.6 Å². The summed E-state index contributed by atoms with van der Waals surface area (Å²) in [5.74, 6) is -2.17. The van der Waals surface area contributed by atoms with Crippen LogP contribution in [-0.4, -0.2) is 96.7 Å². The molecule has 0 saturated carbocycles. The SMILES string of the molecule is CCC/C=C\C/C=C\CCCCCCCC(=O)OC(COC(=O)CCCCCCCC/C=C\C/C=C\C/C=C\CCCCC)COP(=O)(O)OCC(O)COP(=O)(O)OCC(COC(=O)CCCCCCCCCCCCCCC)OC(=O)CCCCCCCCCCCCC. The molecule has 0 rings (SSSR count). The zero-order valence-corrected chi connectivity index (χ0v) is 62.8. The molecule has 560 valence electrons. The summed E-state index contributed by atoms with van der Waals surface area (Å²) in [6.45, 7) is 4.79. The standard InChI is InChI=1S/C77H140O17P2/c1-5-9-13-17-21-25-29-32-33-34-35-36-37-40-43-46-50-54-58-62-75(80)88-68-73(94-77(82)64-60-56-52-48-44-39-31-27-23-19-15-11-7-3)70-92-96(85,86)90-66-71(78)65-89-95(83,84)91-69-72(93-76(81)63-59-55-51-47-41-28-24-20-16-12-8-4)67-87-74(79)61-57-53-49-45-42-38-30-26-22-18-14-10-6-2/h15,19,21,25,27,31-33,35-36,71-73,78H,5-14,16-18,20,22-24,26,28-30,34,37-70H2,1-4H3,(H,83,84)(H,85,86)/b19-15-,25-21-,31-27-,33-32-,36-35-. The lowest BCUT2D eigenvalue weighted by atomic mass is 10.0. The van der Waals surface area contributed by atoms with Gasteiger partial charge in [-0.2, -0.15) is 0 Å². The molecule has 0 bridgehead atoms. The van der Waals surface area contributed by atoms with Crippen molar-refractivity contribution in [1.82, 2.24) is 0 Å². The van der Waals surface area contributed by atoms with Crippen LogP contribution in [-0.2, 0) is 65.4 Å². The van der Waals surface area contributed by atoms with Gasteiger partial charge in [-0.15, -0.1) is 0 Å². The molecule has 17 nitrogen and oxygen atoms in total. The van der Waals surface area contributed by atoms with Crippen molar-refractivity contribution >= 4 is 39.5 Å². The van der Waals surface area contributed by atoms with Gasteiger partial charge < -0.3 is 33.8 Å². The zero-order valence-electron chi connectivity index (χ0n) is 61.1. The second-order valence-corrected chi connectivity index (χ2v) is 28.9. The topological polar surface area (TPSA) is 237 Å². The van der Waals surface area contributed by atoms with Crippen LogP contribution in [0.25, 0.3) is 0 Å². The highest BCUT2D eigenvalue weighted by Gasteiger charge is 2.30. The number of carbonyl (C=O) groups excluding carboxylic acids is 4. The first-order valence-corrected chi connectivity index (χ1v) is 41.5. The number of phosphoric acid groups is 2. The van der Waals surface area contributed by atoms with Crippen molar-refractivity contribution in [1.29, 1.82) is 0 Å². The Morgan fingerprint density at radius 3 is 0.844 bits per heavy atom. The molecule has 0 aliphatic rings. The molecule has 0 aliphatic carbocycles. The summed E-state index contributed by atoms with van der Waals surface area (Å²) in [6.07, 6.45) is 67.8. The number of esters is 4. The zero-order chi connectivity index (χ0) is 70.4. The lowest BCUT2D eigenvalue weighted by molar-refractivity contribution is -0.161. The first-order chi connectivity index (χ1) is 46.7.